The molecular weight excluding hydrogens is 440 g/mol. The van der Waals surface area contributed by atoms with E-state index in [2.05, 4.69) is 21.2 Å². The number of halogens is 1. The van der Waals surface area contributed by atoms with Crippen molar-refractivity contribution in [2.24, 2.45) is 17.8 Å². The smallest absolute Gasteiger partial charge is 0.324 e. The summed E-state index contributed by atoms with van der Waals surface area (Å²) in [4.78, 5) is 40.2. The molecule has 1 aromatic carbocycles. The molecule has 0 aliphatic carbocycles. The zero-order valence-electron chi connectivity index (χ0n) is 16.8. The number of phenolic OH excluding ortho intramolecular Hbond substituents is 1. The molecule has 0 aromatic heterocycles. The average molecular weight is 467 g/mol. The summed E-state index contributed by atoms with van der Waals surface area (Å²) in [5, 5.41) is 23.8. The minimum absolute atomic E-state index is 0.0123. The number of likely N-dealkylation sites (tertiary alicyclic amines) is 1. The average Bonchev–Trinajstić information content (AvgIpc) is 3.10. The molecule has 29 heavy (non-hydrogen) atoms. The van der Waals surface area contributed by atoms with Gasteiger partial charge in [-0.3, -0.25) is 24.6 Å². The Morgan fingerprint density at radius 3 is 2.59 bits per heavy atom. The third kappa shape index (κ3) is 3.57. The van der Waals surface area contributed by atoms with E-state index in [1.54, 1.807) is 12.1 Å². The lowest BCUT2D eigenvalue weighted by molar-refractivity contribution is -0.152. The summed E-state index contributed by atoms with van der Waals surface area (Å²) in [5.74, 6) is -3.86. The highest BCUT2D eigenvalue weighted by molar-refractivity contribution is 9.10. The van der Waals surface area contributed by atoms with Crippen LogP contribution in [-0.4, -0.2) is 45.0 Å². The minimum atomic E-state index is -1.56. The SMILES string of the molecule is CCCCN1C(=O)[C@@H]2[C@@H](c3cc(Br)ccc3O)N[C@@](CC(C)C)(C(=O)O)[C@@H]2C1=O. The summed E-state index contributed by atoms with van der Waals surface area (Å²) in [6, 6.07) is 4.06. The van der Waals surface area contributed by atoms with Crippen LogP contribution in [0.15, 0.2) is 22.7 Å². The quantitative estimate of drug-likeness (QED) is 0.533. The first-order valence-corrected chi connectivity index (χ1v) is 10.8. The molecule has 0 radical (unpaired) electrons. The third-order valence-electron chi connectivity index (χ3n) is 5.92. The molecule has 158 valence electrons. The number of hydrogen-bond acceptors (Lipinski definition) is 5. The number of imide groups is 1. The van der Waals surface area contributed by atoms with Crippen molar-refractivity contribution in [3.05, 3.63) is 28.2 Å². The van der Waals surface area contributed by atoms with Gasteiger partial charge in [-0.1, -0.05) is 43.1 Å². The zero-order chi connectivity index (χ0) is 21.5. The number of phenols is 1. The molecule has 4 atom stereocenters. The summed E-state index contributed by atoms with van der Waals surface area (Å²) in [6.45, 7) is 6.04. The zero-order valence-corrected chi connectivity index (χ0v) is 18.4. The Morgan fingerprint density at radius 1 is 1.31 bits per heavy atom. The summed E-state index contributed by atoms with van der Waals surface area (Å²) in [5.41, 5.74) is -1.15. The van der Waals surface area contributed by atoms with Gasteiger partial charge >= 0.3 is 5.97 Å². The monoisotopic (exact) mass is 466 g/mol. The number of fused-ring (bicyclic) bond motifs is 1. The van der Waals surface area contributed by atoms with Crippen LogP contribution in [0.25, 0.3) is 0 Å². The summed E-state index contributed by atoms with van der Waals surface area (Å²) in [7, 11) is 0. The van der Waals surface area contributed by atoms with Crippen molar-refractivity contribution < 1.29 is 24.6 Å². The molecule has 3 rings (SSSR count). The number of aromatic hydroxyl groups is 1. The number of nitrogens with one attached hydrogen (secondary N) is 1. The molecule has 3 N–H and O–H groups in total. The van der Waals surface area contributed by atoms with Crippen molar-refractivity contribution in [3.8, 4) is 5.75 Å². The van der Waals surface area contributed by atoms with Crippen LogP contribution in [0.5, 0.6) is 5.75 Å². The first-order valence-electron chi connectivity index (χ1n) is 9.98. The lowest BCUT2D eigenvalue weighted by Crippen LogP contribution is -2.56. The van der Waals surface area contributed by atoms with E-state index < -0.39 is 35.3 Å². The molecule has 0 unspecified atom stereocenters. The third-order valence-corrected chi connectivity index (χ3v) is 6.41. The van der Waals surface area contributed by atoms with E-state index in [0.29, 0.717) is 16.5 Å². The summed E-state index contributed by atoms with van der Waals surface area (Å²) >= 11 is 3.37. The van der Waals surface area contributed by atoms with Gasteiger partial charge < -0.3 is 10.2 Å². The normalized spacial score (nSPS) is 29.0. The van der Waals surface area contributed by atoms with Crippen LogP contribution < -0.4 is 5.32 Å². The fourth-order valence-electron chi connectivity index (χ4n) is 4.76. The van der Waals surface area contributed by atoms with Crippen molar-refractivity contribution in [2.45, 2.75) is 51.6 Å². The maximum atomic E-state index is 13.3. The van der Waals surface area contributed by atoms with Crippen LogP contribution in [0.2, 0.25) is 0 Å². The van der Waals surface area contributed by atoms with Crippen molar-refractivity contribution >= 4 is 33.7 Å². The molecule has 2 heterocycles. The number of aliphatic carboxylic acids is 1. The van der Waals surface area contributed by atoms with E-state index in [9.17, 15) is 24.6 Å². The Kier molecular flexibility index (Phi) is 6.06. The molecule has 2 aliphatic heterocycles. The molecule has 1 aromatic rings. The second-order valence-corrected chi connectivity index (χ2v) is 9.30. The first kappa shape index (κ1) is 21.8. The topological polar surface area (TPSA) is 107 Å². The van der Waals surface area contributed by atoms with Crippen molar-refractivity contribution in [3.63, 3.8) is 0 Å². The number of carboxylic acids is 1. The highest BCUT2D eigenvalue weighted by Gasteiger charge is 2.68. The number of rotatable bonds is 7. The fraction of sp³-hybridized carbons (Fsp3) is 0.571. The van der Waals surface area contributed by atoms with Gasteiger partial charge in [0.15, 0.2) is 0 Å². The van der Waals surface area contributed by atoms with Gasteiger partial charge in [-0.2, -0.15) is 0 Å². The molecule has 7 nitrogen and oxygen atoms in total. The second kappa shape index (κ2) is 8.07. The molecule has 2 amide bonds. The Labute approximate surface area is 178 Å². The number of hydrogen-bond donors (Lipinski definition) is 3. The molecular formula is C21H27BrN2O5. The van der Waals surface area contributed by atoms with Gasteiger partial charge in [-0.25, -0.2) is 0 Å². The molecule has 0 spiro atoms. The molecule has 2 fully saturated rings. The highest BCUT2D eigenvalue weighted by atomic mass is 79.9. The Morgan fingerprint density at radius 2 is 2.00 bits per heavy atom. The van der Waals surface area contributed by atoms with Gasteiger partial charge in [-0.05, 0) is 37.0 Å². The van der Waals surface area contributed by atoms with E-state index in [1.165, 1.54) is 11.0 Å². The number of nitrogens with zero attached hydrogens (tertiary/aromatic N) is 1. The number of carboxylic acid groups (broad SMARTS) is 1. The molecule has 2 saturated heterocycles. The van der Waals surface area contributed by atoms with Gasteiger partial charge in [0.2, 0.25) is 11.8 Å². The summed E-state index contributed by atoms with van der Waals surface area (Å²) in [6.07, 6.45) is 1.69. The number of carbonyl (C=O) groups excluding carboxylic acids is 2. The Bertz CT molecular complexity index is 842. The van der Waals surface area contributed by atoms with Gasteiger partial charge in [0.1, 0.15) is 11.3 Å². The highest BCUT2D eigenvalue weighted by Crippen LogP contribution is 2.52. The van der Waals surface area contributed by atoms with E-state index in [1.807, 2.05) is 20.8 Å². The van der Waals surface area contributed by atoms with Crippen LogP contribution in [-0.2, 0) is 14.4 Å². The fourth-order valence-corrected chi connectivity index (χ4v) is 5.14. The van der Waals surface area contributed by atoms with Gasteiger partial charge in [0, 0.05) is 22.6 Å². The largest absolute Gasteiger partial charge is 0.508 e. The maximum absolute atomic E-state index is 13.3. The van der Waals surface area contributed by atoms with Gasteiger partial charge in [0.25, 0.3) is 0 Å². The van der Waals surface area contributed by atoms with E-state index in [-0.39, 0.29) is 30.5 Å². The van der Waals surface area contributed by atoms with Crippen LogP contribution in [0, 0.1) is 17.8 Å². The van der Waals surface area contributed by atoms with Crippen LogP contribution in [0.4, 0.5) is 0 Å². The Hall–Kier alpha value is -1.93. The number of unbranched alkanes of at least 4 members (excludes halogenated alkanes) is 1. The molecule has 8 heteroatoms. The van der Waals surface area contributed by atoms with E-state index in [4.69, 9.17) is 0 Å². The van der Waals surface area contributed by atoms with E-state index >= 15 is 0 Å². The molecule has 2 aliphatic rings. The number of amides is 2. The predicted octanol–water partition coefficient (Wildman–Crippen LogP) is 3.07. The number of carbonyl (C=O) groups is 3. The molecule has 0 saturated carbocycles. The van der Waals surface area contributed by atoms with E-state index in [0.717, 1.165) is 6.42 Å². The first-order chi connectivity index (χ1) is 13.6. The summed E-state index contributed by atoms with van der Waals surface area (Å²) < 4.78 is 0.694. The second-order valence-electron chi connectivity index (χ2n) is 8.38. The lowest BCUT2D eigenvalue weighted by Gasteiger charge is -2.32. The van der Waals surface area contributed by atoms with Crippen molar-refractivity contribution in [1.82, 2.24) is 10.2 Å². The van der Waals surface area contributed by atoms with Crippen LogP contribution in [0.1, 0.15) is 51.6 Å². The van der Waals surface area contributed by atoms with Gasteiger partial charge in [0.05, 0.1) is 11.8 Å². The van der Waals surface area contributed by atoms with Crippen LogP contribution >= 0.6 is 15.9 Å². The number of benzene rings is 1. The molecule has 0 bridgehead atoms. The van der Waals surface area contributed by atoms with Crippen LogP contribution in [0.3, 0.4) is 0 Å². The van der Waals surface area contributed by atoms with Gasteiger partial charge in [-0.15, -0.1) is 0 Å². The Balaban J connectivity index is 2.15. The van der Waals surface area contributed by atoms with Crippen molar-refractivity contribution in [2.75, 3.05) is 6.54 Å². The standard InChI is InChI=1S/C21H27BrN2O5/c1-4-5-8-24-18(26)15-16(19(24)27)21(20(28)29,10-11(2)3)23-17(15)13-9-12(22)6-7-14(13)25/h6-7,9,11,15-17,23,25H,4-5,8,10H2,1-3H3,(H,28,29)/t15-,16-,17+,21+/m0/s1. The minimum Gasteiger partial charge on any atom is -0.508 e. The lowest BCUT2D eigenvalue weighted by atomic mass is 9.75. The maximum Gasteiger partial charge on any atom is 0.324 e. The van der Waals surface area contributed by atoms with Crippen molar-refractivity contribution in [1.29, 1.82) is 0 Å². The predicted molar refractivity (Wildman–Crippen MR) is 110 cm³/mol.